The standard InChI is InChI=1S/C16H26N2O2/c1-16(8-9-17-11-16)12-18(2)15(10-19)13-4-6-14(20-3)7-5-13/h4-7,15,17,19H,8-12H2,1-3H3. The first kappa shape index (κ1) is 15.3. The van der Waals surface area contributed by atoms with Gasteiger partial charge in [-0.2, -0.15) is 0 Å². The highest BCUT2D eigenvalue weighted by molar-refractivity contribution is 5.29. The molecule has 2 unspecified atom stereocenters. The highest BCUT2D eigenvalue weighted by atomic mass is 16.5. The van der Waals surface area contributed by atoms with Crippen molar-refractivity contribution in [3.05, 3.63) is 29.8 Å². The average Bonchev–Trinajstić information content (AvgIpc) is 2.86. The molecule has 0 amide bonds. The molecule has 0 saturated carbocycles. The molecule has 1 saturated heterocycles. The van der Waals surface area contributed by atoms with Crippen LogP contribution in [0.3, 0.4) is 0 Å². The second kappa shape index (κ2) is 6.57. The molecule has 20 heavy (non-hydrogen) atoms. The molecule has 0 aromatic heterocycles. The highest BCUT2D eigenvalue weighted by Gasteiger charge is 2.31. The first-order valence-corrected chi connectivity index (χ1v) is 7.24. The minimum Gasteiger partial charge on any atom is -0.497 e. The van der Waals surface area contributed by atoms with Crippen LogP contribution in [0.5, 0.6) is 5.75 Å². The summed E-state index contributed by atoms with van der Waals surface area (Å²) in [6, 6.07) is 8.00. The van der Waals surface area contributed by atoms with Crippen LogP contribution in [0.2, 0.25) is 0 Å². The first-order valence-electron chi connectivity index (χ1n) is 7.24. The second-order valence-electron chi connectivity index (χ2n) is 6.12. The van der Waals surface area contributed by atoms with Crippen molar-refractivity contribution >= 4 is 0 Å². The number of aliphatic hydroxyl groups excluding tert-OH is 1. The second-order valence-corrected chi connectivity index (χ2v) is 6.12. The Morgan fingerprint density at radius 3 is 2.60 bits per heavy atom. The van der Waals surface area contributed by atoms with E-state index in [-0.39, 0.29) is 12.6 Å². The fourth-order valence-corrected chi connectivity index (χ4v) is 3.04. The molecule has 0 spiro atoms. The van der Waals surface area contributed by atoms with Crippen molar-refractivity contribution in [2.45, 2.75) is 19.4 Å². The molecule has 112 valence electrons. The summed E-state index contributed by atoms with van der Waals surface area (Å²) in [5, 5.41) is 13.2. The Labute approximate surface area is 121 Å². The summed E-state index contributed by atoms with van der Waals surface area (Å²) in [5.41, 5.74) is 1.43. The van der Waals surface area contributed by atoms with Crippen molar-refractivity contribution in [3.63, 3.8) is 0 Å². The zero-order chi connectivity index (χ0) is 14.6. The molecule has 2 N–H and O–H groups in total. The van der Waals surface area contributed by atoms with E-state index in [1.54, 1.807) is 7.11 Å². The van der Waals surface area contributed by atoms with E-state index < -0.39 is 0 Å². The predicted molar refractivity (Wildman–Crippen MR) is 81.0 cm³/mol. The number of methoxy groups -OCH3 is 1. The van der Waals surface area contributed by atoms with Crippen LogP contribution in [-0.4, -0.2) is 50.4 Å². The summed E-state index contributed by atoms with van der Waals surface area (Å²) in [6.07, 6.45) is 1.19. The third kappa shape index (κ3) is 3.51. The molecule has 4 heteroatoms. The van der Waals surface area contributed by atoms with E-state index >= 15 is 0 Å². The lowest BCUT2D eigenvalue weighted by Gasteiger charge is -2.34. The SMILES string of the molecule is COc1ccc(C(CO)N(C)CC2(C)CCNC2)cc1. The molecule has 1 fully saturated rings. The van der Waals surface area contributed by atoms with E-state index in [2.05, 4.69) is 24.2 Å². The molecule has 0 radical (unpaired) electrons. The largest absolute Gasteiger partial charge is 0.497 e. The van der Waals surface area contributed by atoms with Crippen molar-refractivity contribution in [2.24, 2.45) is 5.41 Å². The van der Waals surface area contributed by atoms with Gasteiger partial charge in [0.1, 0.15) is 5.75 Å². The number of hydrogen-bond acceptors (Lipinski definition) is 4. The van der Waals surface area contributed by atoms with E-state index in [4.69, 9.17) is 4.74 Å². The number of benzene rings is 1. The number of hydrogen-bond donors (Lipinski definition) is 2. The van der Waals surface area contributed by atoms with Crippen LogP contribution in [-0.2, 0) is 0 Å². The van der Waals surface area contributed by atoms with Gasteiger partial charge in [-0.25, -0.2) is 0 Å². The normalized spacial score (nSPS) is 24.1. The van der Waals surface area contributed by atoms with E-state index in [9.17, 15) is 5.11 Å². The quantitative estimate of drug-likeness (QED) is 0.831. The van der Waals surface area contributed by atoms with Crippen LogP contribution in [0.15, 0.2) is 24.3 Å². The Morgan fingerprint density at radius 1 is 1.40 bits per heavy atom. The molecular formula is C16H26N2O2. The monoisotopic (exact) mass is 278 g/mol. The summed E-state index contributed by atoms with van der Waals surface area (Å²) in [7, 11) is 3.76. The van der Waals surface area contributed by atoms with Crippen LogP contribution in [0, 0.1) is 5.41 Å². The van der Waals surface area contributed by atoms with Gasteiger partial charge in [0.2, 0.25) is 0 Å². The zero-order valence-corrected chi connectivity index (χ0v) is 12.7. The minimum absolute atomic E-state index is 0.0401. The van der Waals surface area contributed by atoms with Gasteiger partial charge in [-0.15, -0.1) is 0 Å². The Kier molecular flexibility index (Phi) is 5.02. The topological polar surface area (TPSA) is 44.7 Å². The third-order valence-corrected chi connectivity index (χ3v) is 4.29. The lowest BCUT2D eigenvalue weighted by atomic mass is 9.88. The van der Waals surface area contributed by atoms with Gasteiger partial charge in [0.05, 0.1) is 19.8 Å². The zero-order valence-electron chi connectivity index (χ0n) is 12.7. The van der Waals surface area contributed by atoms with Crippen molar-refractivity contribution in [2.75, 3.05) is 40.4 Å². The summed E-state index contributed by atoms with van der Waals surface area (Å²) in [6.45, 7) is 5.57. The van der Waals surface area contributed by atoms with E-state index in [0.29, 0.717) is 5.41 Å². The van der Waals surface area contributed by atoms with Gasteiger partial charge in [-0.05, 0) is 43.1 Å². The maximum Gasteiger partial charge on any atom is 0.118 e. The van der Waals surface area contributed by atoms with Gasteiger partial charge < -0.3 is 15.2 Å². The maximum atomic E-state index is 9.75. The minimum atomic E-state index is 0.0401. The van der Waals surface area contributed by atoms with Crippen LogP contribution >= 0.6 is 0 Å². The number of aliphatic hydroxyl groups is 1. The first-order chi connectivity index (χ1) is 9.58. The van der Waals surface area contributed by atoms with Crippen molar-refractivity contribution in [1.82, 2.24) is 10.2 Å². The van der Waals surface area contributed by atoms with Gasteiger partial charge in [0, 0.05) is 13.1 Å². The van der Waals surface area contributed by atoms with E-state index in [1.165, 1.54) is 6.42 Å². The number of rotatable bonds is 6. The Balaban J connectivity index is 2.05. The summed E-state index contributed by atoms with van der Waals surface area (Å²) in [4.78, 5) is 2.26. The lowest BCUT2D eigenvalue weighted by molar-refractivity contribution is 0.108. The maximum absolute atomic E-state index is 9.75. The van der Waals surface area contributed by atoms with E-state index in [0.717, 1.165) is 30.9 Å². The predicted octanol–water partition coefficient (Wildman–Crippen LogP) is 1.66. The van der Waals surface area contributed by atoms with Crippen molar-refractivity contribution in [1.29, 1.82) is 0 Å². The number of nitrogens with one attached hydrogen (secondary N) is 1. The fraction of sp³-hybridized carbons (Fsp3) is 0.625. The Hall–Kier alpha value is -1.10. The summed E-state index contributed by atoms with van der Waals surface area (Å²) in [5.74, 6) is 0.847. The molecule has 1 heterocycles. The molecule has 0 bridgehead atoms. The highest BCUT2D eigenvalue weighted by Crippen LogP contribution is 2.29. The van der Waals surface area contributed by atoms with Crippen LogP contribution in [0.1, 0.15) is 24.9 Å². The van der Waals surface area contributed by atoms with Crippen molar-refractivity contribution < 1.29 is 9.84 Å². The Morgan fingerprint density at radius 2 is 2.10 bits per heavy atom. The molecule has 1 aliphatic rings. The molecular weight excluding hydrogens is 252 g/mol. The van der Waals surface area contributed by atoms with Crippen LogP contribution in [0.4, 0.5) is 0 Å². The number of ether oxygens (including phenoxy) is 1. The molecule has 2 atom stereocenters. The molecule has 2 rings (SSSR count). The van der Waals surface area contributed by atoms with Gasteiger partial charge in [-0.3, -0.25) is 4.90 Å². The van der Waals surface area contributed by atoms with Gasteiger partial charge in [0.15, 0.2) is 0 Å². The molecule has 1 aliphatic heterocycles. The molecule has 1 aromatic carbocycles. The molecule has 4 nitrogen and oxygen atoms in total. The summed E-state index contributed by atoms with van der Waals surface area (Å²) >= 11 is 0. The number of likely N-dealkylation sites (N-methyl/N-ethyl adjacent to an activating group) is 1. The van der Waals surface area contributed by atoms with Gasteiger partial charge in [-0.1, -0.05) is 19.1 Å². The Bertz CT molecular complexity index is 413. The fourth-order valence-electron chi connectivity index (χ4n) is 3.04. The van der Waals surface area contributed by atoms with Gasteiger partial charge in [0.25, 0.3) is 0 Å². The van der Waals surface area contributed by atoms with Gasteiger partial charge >= 0.3 is 0 Å². The molecule has 0 aliphatic carbocycles. The summed E-state index contributed by atoms with van der Waals surface area (Å²) < 4.78 is 5.18. The smallest absolute Gasteiger partial charge is 0.118 e. The van der Waals surface area contributed by atoms with E-state index in [1.807, 2.05) is 24.3 Å². The van der Waals surface area contributed by atoms with Crippen LogP contribution < -0.4 is 10.1 Å². The van der Waals surface area contributed by atoms with Crippen molar-refractivity contribution in [3.8, 4) is 5.75 Å². The third-order valence-electron chi connectivity index (χ3n) is 4.29. The lowest BCUT2D eigenvalue weighted by Crippen LogP contribution is -2.38. The average molecular weight is 278 g/mol. The number of nitrogens with zero attached hydrogens (tertiary/aromatic N) is 1. The molecule has 1 aromatic rings. The van der Waals surface area contributed by atoms with Crippen LogP contribution in [0.25, 0.3) is 0 Å².